The lowest BCUT2D eigenvalue weighted by molar-refractivity contribution is -0.129. The van der Waals surface area contributed by atoms with Crippen molar-refractivity contribution in [2.45, 2.75) is 70.3 Å². The SMILES string of the molecule is CC(C)CN(C[C@@H](O)[C@H](Cc1ccccc1)NC(=O)[C@H](C(C)C)N1CC(=O)N(Cc2cccc(CN=[N+]=[N-])c2)C1=O)S(=O)(=O)c1ccc(C=NO)cc1. The number of urea groups is 1. The van der Waals surface area contributed by atoms with Gasteiger partial charge in [0.1, 0.15) is 12.6 Å². The van der Waals surface area contributed by atoms with Crippen LogP contribution in [0.4, 0.5) is 4.79 Å². The molecule has 0 saturated carbocycles. The summed E-state index contributed by atoms with van der Waals surface area (Å²) in [5, 5.41) is 30.0. The van der Waals surface area contributed by atoms with Gasteiger partial charge in [-0.2, -0.15) is 4.31 Å². The minimum absolute atomic E-state index is 0.0203. The Balaban J connectivity index is 1.58. The number of aliphatic hydroxyl groups is 1. The van der Waals surface area contributed by atoms with Gasteiger partial charge in [-0.1, -0.05) is 105 Å². The summed E-state index contributed by atoms with van der Waals surface area (Å²) < 4.78 is 29.0. The second kappa shape index (κ2) is 18.5. The maximum atomic E-state index is 14.2. The lowest BCUT2D eigenvalue weighted by Gasteiger charge is -2.34. The zero-order chi connectivity index (χ0) is 38.7. The van der Waals surface area contributed by atoms with Crippen LogP contribution in [-0.4, -0.2) is 94.7 Å². The van der Waals surface area contributed by atoms with E-state index in [2.05, 4.69) is 20.5 Å². The van der Waals surface area contributed by atoms with Crippen LogP contribution in [-0.2, 0) is 39.1 Å². The summed E-state index contributed by atoms with van der Waals surface area (Å²) in [6.45, 7) is 6.67. The summed E-state index contributed by atoms with van der Waals surface area (Å²) in [5.41, 5.74) is 11.3. The zero-order valence-electron chi connectivity index (χ0n) is 30.2. The highest BCUT2D eigenvalue weighted by Gasteiger charge is 2.44. The van der Waals surface area contributed by atoms with Gasteiger partial charge in [0.2, 0.25) is 15.9 Å². The van der Waals surface area contributed by atoms with E-state index in [9.17, 15) is 27.9 Å². The van der Waals surface area contributed by atoms with E-state index >= 15 is 0 Å². The Morgan fingerprint density at radius 2 is 1.64 bits per heavy atom. The van der Waals surface area contributed by atoms with Gasteiger partial charge in [-0.15, -0.1) is 0 Å². The van der Waals surface area contributed by atoms with Crippen LogP contribution in [0.2, 0.25) is 0 Å². The van der Waals surface area contributed by atoms with Crippen LogP contribution in [0.25, 0.3) is 10.4 Å². The first-order valence-electron chi connectivity index (χ1n) is 17.2. The van der Waals surface area contributed by atoms with Crippen molar-refractivity contribution in [3.8, 4) is 0 Å². The summed E-state index contributed by atoms with van der Waals surface area (Å²) in [5.74, 6) is -1.63. The van der Waals surface area contributed by atoms with E-state index in [1.807, 2.05) is 44.2 Å². The number of imide groups is 1. The number of azide groups is 1. The van der Waals surface area contributed by atoms with Gasteiger partial charge < -0.3 is 20.5 Å². The maximum Gasteiger partial charge on any atom is 0.328 e. The highest BCUT2D eigenvalue weighted by atomic mass is 32.2. The molecule has 4 rings (SSSR count). The fourth-order valence-corrected chi connectivity index (χ4v) is 7.86. The Morgan fingerprint density at radius 3 is 2.26 bits per heavy atom. The first-order valence-corrected chi connectivity index (χ1v) is 18.7. The van der Waals surface area contributed by atoms with Crippen molar-refractivity contribution in [3.63, 3.8) is 0 Å². The van der Waals surface area contributed by atoms with Crippen molar-refractivity contribution in [1.82, 2.24) is 19.4 Å². The van der Waals surface area contributed by atoms with Crippen LogP contribution in [0.1, 0.15) is 49.9 Å². The van der Waals surface area contributed by atoms with Crippen molar-refractivity contribution in [3.05, 3.63) is 112 Å². The Hall–Kier alpha value is -5.28. The molecule has 0 unspecified atom stereocenters. The molecule has 0 aliphatic carbocycles. The predicted octanol–water partition coefficient (Wildman–Crippen LogP) is 4.53. The van der Waals surface area contributed by atoms with Gasteiger partial charge in [0.05, 0.1) is 36.3 Å². The number of rotatable bonds is 18. The quantitative estimate of drug-likeness (QED) is 0.0322. The monoisotopic (exact) mass is 746 g/mol. The molecule has 0 bridgehead atoms. The number of carbonyl (C=O) groups is 3. The number of benzene rings is 3. The van der Waals surface area contributed by atoms with Crippen LogP contribution in [0.3, 0.4) is 0 Å². The van der Waals surface area contributed by atoms with Crippen LogP contribution < -0.4 is 5.32 Å². The number of oxime groups is 1. The Kier molecular flexibility index (Phi) is 14.1. The molecule has 15 nitrogen and oxygen atoms in total. The number of aliphatic hydroxyl groups excluding tert-OH is 1. The molecular weight excluding hydrogens is 701 g/mol. The van der Waals surface area contributed by atoms with Crippen LogP contribution in [0, 0.1) is 11.8 Å². The molecule has 3 aromatic carbocycles. The third-order valence-corrected chi connectivity index (χ3v) is 10.6. The second-order valence-corrected chi connectivity index (χ2v) is 15.6. The molecule has 3 aromatic rings. The number of hydrogen-bond acceptors (Lipinski definition) is 9. The van der Waals surface area contributed by atoms with Crippen molar-refractivity contribution in [2.24, 2.45) is 22.1 Å². The highest BCUT2D eigenvalue weighted by Crippen LogP contribution is 2.24. The molecule has 3 N–H and O–H groups in total. The lowest BCUT2D eigenvalue weighted by Crippen LogP contribution is -2.57. The summed E-state index contributed by atoms with van der Waals surface area (Å²) in [6.07, 6.45) is -0.0643. The van der Waals surface area contributed by atoms with Gasteiger partial charge in [0.25, 0.3) is 5.91 Å². The van der Waals surface area contributed by atoms with Gasteiger partial charge in [0, 0.05) is 18.0 Å². The number of sulfonamides is 1. The molecule has 4 amide bonds. The molecule has 16 heteroatoms. The molecule has 1 aliphatic rings. The van der Waals surface area contributed by atoms with E-state index in [4.69, 9.17) is 10.7 Å². The Labute approximate surface area is 309 Å². The van der Waals surface area contributed by atoms with Gasteiger partial charge in [-0.3, -0.25) is 14.5 Å². The molecular formula is C37H46N8O7S. The average Bonchev–Trinajstić information content (AvgIpc) is 3.38. The van der Waals surface area contributed by atoms with Crippen LogP contribution >= 0.6 is 0 Å². The number of nitrogens with zero attached hydrogens (tertiary/aromatic N) is 7. The molecule has 3 atom stereocenters. The maximum absolute atomic E-state index is 14.2. The average molecular weight is 747 g/mol. The number of carbonyl (C=O) groups excluding carboxylic acids is 3. The highest BCUT2D eigenvalue weighted by molar-refractivity contribution is 7.89. The smallest absolute Gasteiger partial charge is 0.328 e. The van der Waals surface area contributed by atoms with Crippen molar-refractivity contribution >= 4 is 34.1 Å². The Morgan fingerprint density at radius 1 is 0.981 bits per heavy atom. The van der Waals surface area contributed by atoms with E-state index < -0.39 is 52.0 Å². The first kappa shape index (κ1) is 40.5. The third kappa shape index (κ3) is 10.6. The van der Waals surface area contributed by atoms with Crippen LogP contribution in [0.15, 0.2) is 94.0 Å². The van der Waals surface area contributed by atoms with Gasteiger partial charge in [-0.05, 0) is 58.2 Å². The second-order valence-electron chi connectivity index (χ2n) is 13.7. The topological polar surface area (TPSA) is 209 Å². The van der Waals surface area contributed by atoms with Gasteiger partial charge in [0.15, 0.2) is 0 Å². The molecule has 0 aromatic heterocycles. The third-order valence-electron chi connectivity index (χ3n) is 8.74. The summed E-state index contributed by atoms with van der Waals surface area (Å²) >= 11 is 0. The van der Waals surface area contributed by atoms with E-state index in [0.717, 1.165) is 10.5 Å². The number of amides is 4. The summed E-state index contributed by atoms with van der Waals surface area (Å²) in [7, 11) is -4.12. The standard InChI is InChI=1S/C37H46N8O7S/c1-25(2)21-43(53(51,52)31-15-13-28(14-16-31)20-40-50)23-33(46)32(18-27-9-6-5-7-10-27)41-36(48)35(26(3)4)45-24-34(47)44(37(45)49)22-30-12-8-11-29(17-30)19-39-42-38/h5-17,20,25-26,32-33,35,46,50H,18-19,21-24H2,1-4H3,(H,41,48)/t32-,33+,35-/m0/s1. The van der Waals surface area contributed by atoms with Crippen molar-refractivity contribution in [2.75, 3.05) is 19.6 Å². The van der Waals surface area contributed by atoms with Crippen molar-refractivity contribution in [1.29, 1.82) is 0 Å². The fourth-order valence-electron chi connectivity index (χ4n) is 6.23. The fraction of sp³-hybridized carbons (Fsp3) is 0.405. The van der Waals surface area contributed by atoms with E-state index in [1.54, 1.807) is 38.1 Å². The normalized spacial score (nSPS) is 15.3. The Bertz CT molecular complexity index is 1920. The van der Waals surface area contributed by atoms with Gasteiger partial charge >= 0.3 is 6.03 Å². The molecule has 282 valence electrons. The summed E-state index contributed by atoms with van der Waals surface area (Å²) in [4.78, 5) is 46.1. The number of nitrogens with one attached hydrogen (secondary N) is 1. The van der Waals surface area contributed by atoms with E-state index in [-0.39, 0.29) is 50.0 Å². The lowest BCUT2D eigenvalue weighted by atomic mass is 9.97. The molecule has 53 heavy (non-hydrogen) atoms. The van der Waals surface area contributed by atoms with Gasteiger partial charge in [-0.25, -0.2) is 13.2 Å². The zero-order valence-corrected chi connectivity index (χ0v) is 31.0. The van der Waals surface area contributed by atoms with E-state index in [1.165, 1.54) is 39.7 Å². The molecule has 1 heterocycles. The molecule has 1 aliphatic heterocycles. The van der Waals surface area contributed by atoms with E-state index in [0.29, 0.717) is 16.7 Å². The summed E-state index contributed by atoms with van der Waals surface area (Å²) in [6, 6.07) is 19.2. The first-order chi connectivity index (χ1) is 25.2. The molecule has 0 spiro atoms. The van der Waals surface area contributed by atoms with Crippen molar-refractivity contribution < 1.29 is 33.1 Å². The molecule has 1 saturated heterocycles. The minimum atomic E-state index is -4.12. The molecule has 1 fully saturated rings. The largest absolute Gasteiger partial charge is 0.411 e. The predicted molar refractivity (Wildman–Crippen MR) is 198 cm³/mol. The minimum Gasteiger partial charge on any atom is -0.411 e. The number of hydrogen-bond donors (Lipinski definition) is 3. The molecule has 0 radical (unpaired) electrons. The van der Waals surface area contributed by atoms with Crippen LogP contribution in [0.5, 0.6) is 0 Å².